The van der Waals surface area contributed by atoms with E-state index >= 15 is 0 Å². The van der Waals surface area contributed by atoms with Crippen LogP contribution in [0.1, 0.15) is 67.6 Å². The number of anilines is 6. The summed E-state index contributed by atoms with van der Waals surface area (Å²) in [6.07, 6.45) is 6.62. The quantitative estimate of drug-likeness (QED) is 0.150. The number of fused-ring (bicyclic) bond motifs is 3. The fourth-order valence-electron chi connectivity index (χ4n) is 8.29. The van der Waals surface area contributed by atoms with E-state index in [9.17, 15) is 0 Å². The molecule has 1 atom stereocenters. The van der Waals surface area contributed by atoms with Crippen molar-refractivity contribution in [3.05, 3.63) is 193 Å². The van der Waals surface area contributed by atoms with E-state index in [-0.39, 0.29) is 5.92 Å². The molecule has 8 aromatic rings. The Morgan fingerprint density at radius 2 is 0.943 bits per heavy atom. The van der Waals surface area contributed by atoms with E-state index < -0.39 is 0 Å². The number of furan rings is 1. The van der Waals surface area contributed by atoms with Crippen molar-refractivity contribution in [1.82, 2.24) is 0 Å². The van der Waals surface area contributed by atoms with Gasteiger partial charge in [0.1, 0.15) is 5.58 Å². The first-order valence-corrected chi connectivity index (χ1v) is 19.1. The summed E-state index contributed by atoms with van der Waals surface area (Å²) in [5.41, 5.74) is 12.5. The molecule has 0 amide bonds. The summed E-state index contributed by atoms with van der Waals surface area (Å²) in [6.45, 7) is 2.30. The van der Waals surface area contributed by atoms with Gasteiger partial charge in [0.25, 0.3) is 0 Å². The van der Waals surface area contributed by atoms with Gasteiger partial charge in [0.15, 0.2) is 5.58 Å². The summed E-state index contributed by atoms with van der Waals surface area (Å²) < 4.78 is 6.58. The number of para-hydroxylation sites is 4. The monoisotopic (exact) mass is 688 g/mol. The standard InChI is InChI=1S/C50H44N2O/c1-36(37-24-30-43(31-25-37)51(41-16-7-3-8-17-41)42-18-9-4-10-19-42)38-26-32-44(33-27-38)52(45-34-28-40(29-35-45)39-14-5-2-6-15-39)48-22-13-21-47-46-20-11-12-23-49(46)53-50(47)48/h3-4,7-13,16-36,39H,2,5-6,14-15H2,1H3. The smallest absolute Gasteiger partial charge is 0.159 e. The molecule has 9 rings (SSSR count). The van der Waals surface area contributed by atoms with Crippen LogP contribution in [0.3, 0.4) is 0 Å². The van der Waals surface area contributed by atoms with Crippen molar-refractivity contribution < 1.29 is 4.42 Å². The molecular formula is C50H44N2O. The molecule has 1 aromatic heterocycles. The molecule has 0 saturated heterocycles. The first-order valence-electron chi connectivity index (χ1n) is 19.1. The average Bonchev–Trinajstić information content (AvgIpc) is 3.62. The van der Waals surface area contributed by atoms with E-state index in [4.69, 9.17) is 4.42 Å². The van der Waals surface area contributed by atoms with Crippen molar-refractivity contribution >= 4 is 56.1 Å². The summed E-state index contributed by atoms with van der Waals surface area (Å²) in [6, 6.07) is 63.5. The third kappa shape index (κ3) is 6.49. The van der Waals surface area contributed by atoms with Gasteiger partial charge in [-0.1, -0.05) is 129 Å². The van der Waals surface area contributed by atoms with Crippen LogP contribution in [-0.4, -0.2) is 0 Å². The maximum absolute atomic E-state index is 6.58. The molecule has 0 bridgehead atoms. The molecule has 260 valence electrons. The first kappa shape index (κ1) is 32.8. The van der Waals surface area contributed by atoms with Gasteiger partial charge in [0.05, 0.1) is 5.69 Å². The fourth-order valence-corrected chi connectivity index (χ4v) is 8.29. The van der Waals surface area contributed by atoms with E-state index in [2.05, 4.69) is 187 Å². The minimum atomic E-state index is 0.224. The Morgan fingerprint density at radius 3 is 1.55 bits per heavy atom. The summed E-state index contributed by atoms with van der Waals surface area (Å²) in [5, 5.41) is 2.27. The zero-order chi connectivity index (χ0) is 35.6. The molecule has 1 heterocycles. The third-order valence-corrected chi connectivity index (χ3v) is 11.2. The van der Waals surface area contributed by atoms with Crippen LogP contribution in [0.5, 0.6) is 0 Å². The third-order valence-electron chi connectivity index (χ3n) is 11.2. The predicted octanol–water partition coefficient (Wildman–Crippen LogP) is 14.7. The molecule has 1 saturated carbocycles. The van der Waals surface area contributed by atoms with Gasteiger partial charge in [-0.3, -0.25) is 0 Å². The van der Waals surface area contributed by atoms with Crippen LogP contribution in [0.25, 0.3) is 21.9 Å². The molecular weight excluding hydrogens is 645 g/mol. The Hall–Kier alpha value is -6.06. The van der Waals surface area contributed by atoms with Crippen LogP contribution in [0.2, 0.25) is 0 Å². The summed E-state index contributed by atoms with van der Waals surface area (Å²) in [7, 11) is 0. The molecule has 1 unspecified atom stereocenters. The Balaban J connectivity index is 1.05. The van der Waals surface area contributed by atoms with Crippen LogP contribution in [-0.2, 0) is 0 Å². The van der Waals surface area contributed by atoms with Gasteiger partial charge in [-0.05, 0) is 108 Å². The molecule has 0 radical (unpaired) electrons. The van der Waals surface area contributed by atoms with Crippen LogP contribution < -0.4 is 9.80 Å². The predicted molar refractivity (Wildman–Crippen MR) is 223 cm³/mol. The Kier molecular flexibility index (Phi) is 8.99. The van der Waals surface area contributed by atoms with Gasteiger partial charge in [0, 0.05) is 45.1 Å². The Labute approximate surface area is 312 Å². The zero-order valence-corrected chi connectivity index (χ0v) is 30.2. The second-order valence-electron chi connectivity index (χ2n) is 14.4. The van der Waals surface area contributed by atoms with E-state index in [1.54, 1.807) is 0 Å². The molecule has 0 spiro atoms. The highest BCUT2D eigenvalue weighted by molar-refractivity contribution is 6.10. The van der Waals surface area contributed by atoms with Gasteiger partial charge >= 0.3 is 0 Å². The minimum absolute atomic E-state index is 0.224. The molecule has 7 aromatic carbocycles. The fraction of sp³-hybridized carbons (Fsp3) is 0.160. The molecule has 3 nitrogen and oxygen atoms in total. The lowest BCUT2D eigenvalue weighted by Crippen LogP contribution is -2.11. The molecule has 3 heteroatoms. The Bertz CT molecular complexity index is 2390. The largest absolute Gasteiger partial charge is 0.454 e. The molecule has 1 aliphatic carbocycles. The number of rotatable bonds is 9. The van der Waals surface area contributed by atoms with Crippen molar-refractivity contribution in [2.45, 2.75) is 50.9 Å². The van der Waals surface area contributed by atoms with Crippen LogP contribution in [0.15, 0.2) is 180 Å². The second kappa shape index (κ2) is 14.5. The lowest BCUT2D eigenvalue weighted by atomic mass is 9.84. The molecule has 0 N–H and O–H groups in total. The van der Waals surface area contributed by atoms with Crippen LogP contribution in [0.4, 0.5) is 34.1 Å². The SMILES string of the molecule is CC(c1ccc(N(c2ccccc2)c2ccccc2)cc1)c1ccc(N(c2ccc(C3CCCCC3)cc2)c2cccc3c2oc2ccccc23)cc1. The van der Waals surface area contributed by atoms with Gasteiger partial charge in [0.2, 0.25) is 0 Å². The lowest BCUT2D eigenvalue weighted by Gasteiger charge is -2.27. The number of hydrogen-bond donors (Lipinski definition) is 0. The zero-order valence-electron chi connectivity index (χ0n) is 30.2. The molecule has 1 fully saturated rings. The second-order valence-corrected chi connectivity index (χ2v) is 14.4. The van der Waals surface area contributed by atoms with Gasteiger partial charge in [-0.15, -0.1) is 0 Å². The maximum atomic E-state index is 6.58. The number of nitrogens with zero attached hydrogens (tertiary/aromatic N) is 2. The van der Waals surface area contributed by atoms with Crippen molar-refractivity contribution in [1.29, 1.82) is 0 Å². The summed E-state index contributed by atoms with van der Waals surface area (Å²) in [4.78, 5) is 4.67. The summed E-state index contributed by atoms with van der Waals surface area (Å²) >= 11 is 0. The minimum Gasteiger partial charge on any atom is -0.454 e. The van der Waals surface area contributed by atoms with E-state index in [0.717, 1.165) is 56.1 Å². The highest BCUT2D eigenvalue weighted by atomic mass is 16.3. The molecule has 53 heavy (non-hydrogen) atoms. The normalized spacial score (nSPS) is 14.0. The van der Waals surface area contributed by atoms with Gasteiger partial charge < -0.3 is 14.2 Å². The molecule has 0 aliphatic heterocycles. The van der Waals surface area contributed by atoms with Crippen LogP contribution >= 0.6 is 0 Å². The van der Waals surface area contributed by atoms with E-state index in [1.165, 1.54) is 48.8 Å². The Morgan fingerprint density at radius 1 is 0.453 bits per heavy atom. The average molecular weight is 689 g/mol. The highest BCUT2D eigenvalue weighted by Crippen LogP contribution is 2.43. The summed E-state index contributed by atoms with van der Waals surface area (Å²) in [5.74, 6) is 0.890. The van der Waals surface area contributed by atoms with Crippen molar-refractivity contribution in [3.8, 4) is 0 Å². The number of hydrogen-bond acceptors (Lipinski definition) is 3. The van der Waals surface area contributed by atoms with Crippen molar-refractivity contribution in [2.24, 2.45) is 0 Å². The maximum Gasteiger partial charge on any atom is 0.159 e. The van der Waals surface area contributed by atoms with Gasteiger partial charge in [-0.2, -0.15) is 0 Å². The van der Waals surface area contributed by atoms with Crippen LogP contribution in [0, 0.1) is 0 Å². The molecule has 1 aliphatic rings. The topological polar surface area (TPSA) is 19.6 Å². The van der Waals surface area contributed by atoms with Crippen molar-refractivity contribution in [2.75, 3.05) is 9.80 Å². The lowest BCUT2D eigenvalue weighted by molar-refractivity contribution is 0.443. The first-order chi connectivity index (χ1) is 26.2. The van der Waals surface area contributed by atoms with Gasteiger partial charge in [-0.25, -0.2) is 0 Å². The van der Waals surface area contributed by atoms with Crippen molar-refractivity contribution in [3.63, 3.8) is 0 Å². The van der Waals surface area contributed by atoms with E-state index in [1.807, 2.05) is 6.07 Å². The highest BCUT2D eigenvalue weighted by Gasteiger charge is 2.21. The van der Waals surface area contributed by atoms with E-state index in [0.29, 0.717) is 5.92 Å². The number of benzene rings is 7.